The zero-order valence-electron chi connectivity index (χ0n) is 14.8. The van der Waals surface area contributed by atoms with Gasteiger partial charge in [0.05, 0.1) is 11.2 Å². The number of rotatable bonds is 3. The second kappa shape index (κ2) is 6.33. The lowest BCUT2D eigenvalue weighted by Crippen LogP contribution is -2.20. The van der Waals surface area contributed by atoms with Crippen LogP contribution in [-0.2, 0) is 0 Å². The van der Waals surface area contributed by atoms with Gasteiger partial charge in [0, 0.05) is 17.8 Å². The van der Waals surface area contributed by atoms with Crippen LogP contribution >= 0.6 is 0 Å². The summed E-state index contributed by atoms with van der Waals surface area (Å²) >= 11 is 0. The summed E-state index contributed by atoms with van der Waals surface area (Å²) in [7, 11) is 0. The Kier molecular flexibility index (Phi) is 4.06. The van der Waals surface area contributed by atoms with Crippen LogP contribution in [-0.4, -0.2) is 15.7 Å². The van der Waals surface area contributed by atoms with Gasteiger partial charge in [-0.1, -0.05) is 0 Å². The molecule has 1 aliphatic rings. The number of pyridine rings is 2. The summed E-state index contributed by atoms with van der Waals surface area (Å²) in [6, 6.07) is 4.87. The zero-order chi connectivity index (χ0) is 20.2. The van der Waals surface area contributed by atoms with Gasteiger partial charge in [-0.05, 0) is 60.6 Å². The topological polar surface area (TPSA) is 94.0 Å². The third-order valence-corrected chi connectivity index (χ3v) is 4.97. The van der Waals surface area contributed by atoms with Crippen molar-refractivity contribution in [3.05, 3.63) is 63.6 Å². The molecule has 3 N–H and O–H groups in total. The fourth-order valence-electron chi connectivity index (χ4n) is 3.50. The Bertz CT molecular complexity index is 1200. The zero-order valence-corrected chi connectivity index (χ0v) is 14.8. The highest BCUT2D eigenvalue weighted by atomic mass is 19.1. The molecule has 1 aromatic carbocycles. The predicted octanol–water partition coefficient (Wildman–Crippen LogP) is 4.07. The van der Waals surface area contributed by atoms with E-state index in [-0.39, 0.29) is 22.9 Å². The van der Waals surface area contributed by atoms with Crippen LogP contribution < -0.4 is 16.0 Å². The first-order valence-corrected chi connectivity index (χ1v) is 8.62. The molecule has 0 aliphatic heterocycles. The summed E-state index contributed by atoms with van der Waals surface area (Å²) in [5.74, 6) is -1.55. The van der Waals surface area contributed by atoms with Gasteiger partial charge < -0.3 is 15.6 Å². The van der Waals surface area contributed by atoms with E-state index in [1.165, 1.54) is 22.7 Å². The number of aromatic nitrogens is 1. The highest BCUT2D eigenvalue weighted by molar-refractivity contribution is 5.79. The Labute approximate surface area is 157 Å². The lowest BCUT2D eigenvalue weighted by molar-refractivity contribution is 0.143. The van der Waals surface area contributed by atoms with Gasteiger partial charge in [-0.25, -0.2) is 13.6 Å². The molecule has 1 fully saturated rings. The van der Waals surface area contributed by atoms with Gasteiger partial charge in [0.2, 0.25) is 0 Å². The largest absolute Gasteiger partial charge is 0.511 e. The Balaban J connectivity index is 2.02. The van der Waals surface area contributed by atoms with Gasteiger partial charge in [-0.15, -0.1) is 0 Å². The van der Waals surface area contributed by atoms with E-state index in [1.54, 1.807) is 6.92 Å². The third-order valence-electron chi connectivity index (χ3n) is 4.97. The number of nitrogens with zero attached hydrogens (tertiary/aromatic N) is 1. The van der Waals surface area contributed by atoms with Crippen molar-refractivity contribution in [2.45, 2.75) is 25.7 Å². The molecule has 28 heavy (non-hydrogen) atoms. The van der Waals surface area contributed by atoms with Crippen LogP contribution in [0, 0.1) is 18.6 Å². The number of aryl methyl sites for hydroxylation is 1. The van der Waals surface area contributed by atoms with Gasteiger partial charge in [0.1, 0.15) is 11.6 Å². The Morgan fingerprint density at radius 3 is 2.57 bits per heavy atom. The van der Waals surface area contributed by atoms with Gasteiger partial charge in [-0.3, -0.25) is 9.20 Å². The number of benzene rings is 1. The fourth-order valence-corrected chi connectivity index (χ4v) is 3.50. The molecule has 2 aromatic heterocycles. The summed E-state index contributed by atoms with van der Waals surface area (Å²) < 4.78 is 34.3. The first-order chi connectivity index (χ1) is 13.3. The first kappa shape index (κ1) is 18.0. The predicted molar refractivity (Wildman–Crippen MR) is 98.8 cm³/mol. The number of fused-ring (bicyclic) bond motifs is 1. The molecule has 0 bridgehead atoms. The molecular weight excluding hydrogens is 370 g/mol. The quantitative estimate of drug-likeness (QED) is 0.523. The maximum Gasteiger partial charge on any atom is 0.511 e. The van der Waals surface area contributed by atoms with Crippen LogP contribution in [0.4, 0.5) is 19.3 Å². The minimum absolute atomic E-state index is 0.0340. The average molecular weight is 386 g/mol. The van der Waals surface area contributed by atoms with Crippen molar-refractivity contribution < 1.29 is 23.4 Å². The van der Waals surface area contributed by atoms with Crippen LogP contribution in [0.25, 0.3) is 16.6 Å². The molecule has 0 saturated heterocycles. The number of hydrogen-bond donors (Lipinski definition) is 2. The molecule has 2 heterocycles. The average Bonchev–Trinajstić information content (AvgIpc) is 3.46. The number of carbonyl (C=O) groups is 1. The van der Waals surface area contributed by atoms with Crippen LogP contribution in [0.3, 0.4) is 0 Å². The molecule has 0 amide bonds. The first-order valence-electron chi connectivity index (χ1n) is 8.62. The number of nitrogens with two attached hydrogens (primary N) is 1. The summed E-state index contributed by atoms with van der Waals surface area (Å²) in [5, 5.41) is 8.88. The Hall–Kier alpha value is -3.42. The maximum atomic E-state index is 14.5. The second-order valence-corrected chi connectivity index (χ2v) is 6.84. The molecule has 6 nitrogen and oxygen atoms in total. The minimum Gasteiger partial charge on any atom is -0.449 e. The van der Waals surface area contributed by atoms with E-state index in [9.17, 15) is 18.4 Å². The summed E-state index contributed by atoms with van der Waals surface area (Å²) in [4.78, 5) is 23.5. The van der Waals surface area contributed by atoms with E-state index in [2.05, 4.69) is 4.74 Å². The lowest BCUT2D eigenvalue weighted by Gasteiger charge is -2.16. The molecule has 0 radical (unpaired) electrons. The Morgan fingerprint density at radius 1 is 1.21 bits per heavy atom. The van der Waals surface area contributed by atoms with Crippen molar-refractivity contribution in [1.29, 1.82) is 0 Å². The molecule has 1 saturated carbocycles. The highest BCUT2D eigenvalue weighted by Gasteiger charge is 2.29. The van der Waals surface area contributed by atoms with E-state index in [0.717, 1.165) is 30.5 Å². The second-order valence-electron chi connectivity index (χ2n) is 6.84. The standard InChI is InChI=1S/C20H16F2N2O4/c1-9-11(13-6-15(22)16(23)8-14(13)21)4-5-24-18(9)12(10-2-3-10)7-17(19(24)25)28-20(26)27/h4-8,10H,2-3,23H2,1H3,(H,26,27). The minimum atomic E-state index is -1.58. The van der Waals surface area contributed by atoms with E-state index in [4.69, 9.17) is 10.8 Å². The van der Waals surface area contributed by atoms with E-state index in [1.807, 2.05) is 0 Å². The summed E-state index contributed by atoms with van der Waals surface area (Å²) in [6.07, 6.45) is 1.60. The molecule has 0 unspecified atom stereocenters. The van der Waals surface area contributed by atoms with Gasteiger partial charge in [0.15, 0.2) is 5.75 Å². The number of nitrogen functional groups attached to an aromatic ring is 1. The lowest BCUT2D eigenvalue weighted by atomic mass is 9.96. The highest BCUT2D eigenvalue weighted by Crippen LogP contribution is 2.44. The van der Waals surface area contributed by atoms with Gasteiger partial charge >= 0.3 is 6.16 Å². The molecule has 8 heteroatoms. The van der Waals surface area contributed by atoms with Crippen molar-refractivity contribution in [2.75, 3.05) is 5.73 Å². The van der Waals surface area contributed by atoms with Crippen molar-refractivity contribution in [1.82, 2.24) is 4.40 Å². The molecule has 0 atom stereocenters. The van der Waals surface area contributed by atoms with Crippen LogP contribution in [0.15, 0.2) is 35.3 Å². The van der Waals surface area contributed by atoms with E-state index >= 15 is 0 Å². The van der Waals surface area contributed by atoms with Crippen molar-refractivity contribution >= 4 is 17.4 Å². The van der Waals surface area contributed by atoms with E-state index < -0.39 is 23.3 Å². The van der Waals surface area contributed by atoms with Crippen LogP contribution in [0.5, 0.6) is 5.75 Å². The number of halogens is 2. The maximum absolute atomic E-state index is 14.5. The third kappa shape index (κ3) is 2.87. The van der Waals surface area contributed by atoms with E-state index in [0.29, 0.717) is 16.6 Å². The number of hydrogen-bond acceptors (Lipinski definition) is 4. The Morgan fingerprint density at radius 2 is 1.93 bits per heavy atom. The summed E-state index contributed by atoms with van der Waals surface area (Å²) in [6.45, 7) is 1.71. The molecule has 4 rings (SSSR count). The van der Waals surface area contributed by atoms with Crippen molar-refractivity contribution in [3.8, 4) is 16.9 Å². The smallest absolute Gasteiger partial charge is 0.449 e. The van der Waals surface area contributed by atoms with Crippen LogP contribution in [0.1, 0.15) is 29.9 Å². The molecule has 1 aliphatic carbocycles. The molecule has 3 aromatic rings. The number of anilines is 1. The van der Waals surface area contributed by atoms with Crippen LogP contribution in [0.2, 0.25) is 0 Å². The van der Waals surface area contributed by atoms with Gasteiger partial charge in [0.25, 0.3) is 5.56 Å². The van der Waals surface area contributed by atoms with Gasteiger partial charge in [-0.2, -0.15) is 0 Å². The molecular formula is C20H16F2N2O4. The monoisotopic (exact) mass is 386 g/mol. The number of carboxylic acid groups (broad SMARTS) is 1. The summed E-state index contributed by atoms with van der Waals surface area (Å²) in [5.41, 5.74) is 6.81. The van der Waals surface area contributed by atoms with Crippen molar-refractivity contribution in [3.63, 3.8) is 0 Å². The SMILES string of the molecule is Cc1c(-c2cc(F)c(N)cc2F)ccn2c(=O)c(OC(=O)O)cc(C3CC3)c12. The molecule has 144 valence electrons. The fraction of sp³-hybridized carbons (Fsp3) is 0.200. The number of ether oxygens (including phenoxy) is 1. The molecule has 0 spiro atoms. The van der Waals surface area contributed by atoms with Crippen molar-refractivity contribution in [2.24, 2.45) is 0 Å². The normalized spacial score (nSPS) is 13.7.